The number of nitrogens with zero attached hydrogens (tertiary/aromatic N) is 3. The Labute approximate surface area is 166 Å². The van der Waals surface area contributed by atoms with Crippen LogP contribution in [0.5, 0.6) is 5.75 Å². The van der Waals surface area contributed by atoms with E-state index >= 15 is 0 Å². The molecule has 0 atom stereocenters. The van der Waals surface area contributed by atoms with E-state index in [-0.39, 0.29) is 17.3 Å². The molecule has 7 heteroatoms. The fourth-order valence-corrected chi connectivity index (χ4v) is 4.34. The molecule has 154 valence electrons. The summed E-state index contributed by atoms with van der Waals surface area (Å²) in [7, 11) is 0. The van der Waals surface area contributed by atoms with Gasteiger partial charge in [0.15, 0.2) is 5.75 Å². The largest absolute Gasteiger partial charge is 0.487 e. The molecule has 1 aliphatic carbocycles. The van der Waals surface area contributed by atoms with Gasteiger partial charge in [0.1, 0.15) is 0 Å². The summed E-state index contributed by atoms with van der Waals surface area (Å²) in [4.78, 5) is 28.1. The molecule has 3 rings (SSSR count). The molecular formula is C21H31N3O4. The normalized spacial score (nSPS) is 19.2. The van der Waals surface area contributed by atoms with Gasteiger partial charge in [0.2, 0.25) is 0 Å². The lowest BCUT2D eigenvalue weighted by Gasteiger charge is -2.28. The van der Waals surface area contributed by atoms with Crippen molar-refractivity contribution in [1.82, 2.24) is 9.80 Å². The van der Waals surface area contributed by atoms with Crippen molar-refractivity contribution in [3.8, 4) is 5.75 Å². The van der Waals surface area contributed by atoms with Crippen molar-refractivity contribution in [2.45, 2.75) is 45.4 Å². The molecule has 1 saturated heterocycles. The van der Waals surface area contributed by atoms with Gasteiger partial charge in [-0.1, -0.05) is 19.3 Å². The third-order valence-electron chi connectivity index (χ3n) is 5.82. The van der Waals surface area contributed by atoms with Crippen molar-refractivity contribution in [1.29, 1.82) is 0 Å². The Morgan fingerprint density at radius 1 is 1.14 bits per heavy atom. The maximum absolute atomic E-state index is 12.9. The molecule has 7 nitrogen and oxygen atoms in total. The SMILES string of the molecule is CCOc1ccc(C(=O)N2CCCN(CC3CCCCC3)CC2)cc1[N+](=O)[O-]. The van der Waals surface area contributed by atoms with Gasteiger partial charge in [-0.15, -0.1) is 0 Å². The predicted molar refractivity (Wildman–Crippen MR) is 108 cm³/mol. The fourth-order valence-electron chi connectivity index (χ4n) is 4.34. The molecule has 28 heavy (non-hydrogen) atoms. The van der Waals surface area contributed by atoms with Crippen LogP contribution in [-0.4, -0.2) is 60.0 Å². The van der Waals surface area contributed by atoms with E-state index in [1.165, 1.54) is 44.2 Å². The van der Waals surface area contributed by atoms with E-state index in [4.69, 9.17) is 4.74 Å². The first-order valence-corrected chi connectivity index (χ1v) is 10.5. The quantitative estimate of drug-likeness (QED) is 0.547. The molecule has 0 spiro atoms. The average Bonchev–Trinajstić information content (AvgIpc) is 2.94. The molecule has 0 aromatic heterocycles. The highest BCUT2D eigenvalue weighted by Crippen LogP contribution is 2.29. The molecular weight excluding hydrogens is 358 g/mol. The van der Waals surface area contributed by atoms with Crippen molar-refractivity contribution in [3.05, 3.63) is 33.9 Å². The van der Waals surface area contributed by atoms with Crippen LogP contribution in [0.4, 0.5) is 5.69 Å². The monoisotopic (exact) mass is 389 g/mol. The standard InChI is InChI=1S/C21H31N3O4/c1-2-28-20-10-9-18(15-19(20)24(26)27)21(25)23-12-6-11-22(13-14-23)16-17-7-4-3-5-8-17/h9-10,15,17H,2-8,11-14,16H2,1H3. The number of nitro benzene ring substituents is 1. The van der Waals surface area contributed by atoms with Crippen molar-refractivity contribution < 1.29 is 14.5 Å². The summed E-state index contributed by atoms with van der Waals surface area (Å²) in [6, 6.07) is 4.51. The van der Waals surface area contributed by atoms with Gasteiger partial charge in [-0.2, -0.15) is 0 Å². The van der Waals surface area contributed by atoms with E-state index in [0.29, 0.717) is 25.3 Å². The average molecular weight is 389 g/mol. The van der Waals surface area contributed by atoms with Gasteiger partial charge in [0, 0.05) is 37.8 Å². The van der Waals surface area contributed by atoms with Crippen LogP contribution in [0.1, 0.15) is 55.8 Å². The van der Waals surface area contributed by atoms with Gasteiger partial charge in [-0.05, 0) is 50.8 Å². The zero-order chi connectivity index (χ0) is 19.9. The topological polar surface area (TPSA) is 75.9 Å². The van der Waals surface area contributed by atoms with Gasteiger partial charge in [0.25, 0.3) is 5.91 Å². The number of benzene rings is 1. The number of carbonyl (C=O) groups excluding carboxylic acids is 1. The molecule has 1 aliphatic heterocycles. The van der Waals surface area contributed by atoms with E-state index in [9.17, 15) is 14.9 Å². The molecule has 0 unspecified atom stereocenters. The van der Waals surface area contributed by atoms with E-state index in [2.05, 4.69) is 4.90 Å². The summed E-state index contributed by atoms with van der Waals surface area (Å²) in [6.07, 6.45) is 7.66. The molecule has 2 aliphatic rings. The second kappa shape index (κ2) is 9.87. The number of carbonyl (C=O) groups is 1. The van der Waals surface area contributed by atoms with Crippen molar-refractivity contribution in [2.24, 2.45) is 5.92 Å². The molecule has 2 fully saturated rings. The molecule has 1 amide bonds. The number of rotatable bonds is 6. The third-order valence-corrected chi connectivity index (χ3v) is 5.82. The maximum atomic E-state index is 12.9. The van der Waals surface area contributed by atoms with Gasteiger partial charge < -0.3 is 14.5 Å². The van der Waals surface area contributed by atoms with E-state index in [1.807, 2.05) is 4.90 Å². The number of nitro groups is 1. The number of ether oxygens (including phenoxy) is 1. The fraction of sp³-hybridized carbons (Fsp3) is 0.667. The Balaban J connectivity index is 1.62. The van der Waals surface area contributed by atoms with Crippen molar-refractivity contribution >= 4 is 11.6 Å². The molecule has 1 heterocycles. The van der Waals surface area contributed by atoms with Crippen LogP contribution in [-0.2, 0) is 0 Å². The lowest BCUT2D eigenvalue weighted by atomic mass is 9.89. The van der Waals surface area contributed by atoms with Crippen LogP contribution < -0.4 is 4.74 Å². The zero-order valence-electron chi connectivity index (χ0n) is 16.8. The minimum atomic E-state index is -0.490. The molecule has 0 bridgehead atoms. The predicted octanol–water partition coefficient (Wildman–Crippen LogP) is 3.72. The second-order valence-corrected chi connectivity index (χ2v) is 7.82. The Morgan fingerprint density at radius 3 is 2.64 bits per heavy atom. The summed E-state index contributed by atoms with van der Waals surface area (Å²) < 4.78 is 5.31. The van der Waals surface area contributed by atoms with Gasteiger partial charge in [0.05, 0.1) is 11.5 Å². The van der Waals surface area contributed by atoms with Crippen LogP contribution in [0.3, 0.4) is 0 Å². The van der Waals surface area contributed by atoms with Crippen molar-refractivity contribution in [3.63, 3.8) is 0 Å². The number of hydrogen-bond acceptors (Lipinski definition) is 5. The molecule has 0 radical (unpaired) electrons. The summed E-state index contributed by atoms with van der Waals surface area (Å²) >= 11 is 0. The Bertz CT molecular complexity index is 688. The Kier molecular flexibility index (Phi) is 7.25. The van der Waals surface area contributed by atoms with E-state index in [1.54, 1.807) is 13.0 Å². The van der Waals surface area contributed by atoms with Gasteiger partial charge in [-0.3, -0.25) is 14.9 Å². The van der Waals surface area contributed by atoms with Crippen LogP contribution >= 0.6 is 0 Å². The summed E-state index contributed by atoms with van der Waals surface area (Å²) in [6.45, 7) is 6.52. The number of amides is 1. The van der Waals surface area contributed by atoms with Crippen LogP contribution in [0.25, 0.3) is 0 Å². The van der Waals surface area contributed by atoms with E-state index in [0.717, 1.165) is 32.0 Å². The third kappa shape index (κ3) is 5.22. The van der Waals surface area contributed by atoms with Crippen LogP contribution in [0.15, 0.2) is 18.2 Å². The van der Waals surface area contributed by atoms with Gasteiger partial charge >= 0.3 is 5.69 Å². The maximum Gasteiger partial charge on any atom is 0.311 e. The first kappa shape index (κ1) is 20.6. The first-order valence-electron chi connectivity index (χ1n) is 10.5. The summed E-state index contributed by atoms with van der Waals surface area (Å²) in [5.41, 5.74) is 0.206. The van der Waals surface area contributed by atoms with Crippen molar-refractivity contribution in [2.75, 3.05) is 39.3 Å². The summed E-state index contributed by atoms with van der Waals surface area (Å²) in [5.74, 6) is 0.869. The minimum Gasteiger partial charge on any atom is -0.487 e. The Hall–Kier alpha value is -2.15. The highest BCUT2D eigenvalue weighted by molar-refractivity contribution is 5.95. The zero-order valence-corrected chi connectivity index (χ0v) is 16.8. The van der Waals surface area contributed by atoms with Crippen LogP contribution in [0.2, 0.25) is 0 Å². The van der Waals surface area contributed by atoms with Gasteiger partial charge in [-0.25, -0.2) is 0 Å². The Morgan fingerprint density at radius 2 is 1.93 bits per heavy atom. The first-order chi connectivity index (χ1) is 13.6. The molecule has 1 saturated carbocycles. The lowest BCUT2D eigenvalue weighted by molar-refractivity contribution is -0.385. The number of hydrogen-bond donors (Lipinski definition) is 0. The highest BCUT2D eigenvalue weighted by atomic mass is 16.6. The second-order valence-electron chi connectivity index (χ2n) is 7.82. The molecule has 1 aromatic carbocycles. The van der Waals surface area contributed by atoms with Crippen LogP contribution in [0, 0.1) is 16.0 Å². The molecule has 0 N–H and O–H groups in total. The lowest BCUT2D eigenvalue weighted by Crippen LogP contribution is -2.36. The van der Waals surface area contributed by atoms with E-state index < -0.39 is 4.92 Å². The minimum absolute atomic E-state index is 0.134. The highest BCUT2D eigenvalue weighted by Gasteiger charge is 2.25. The summed E-state index contributed by atoms with van der Waals surface area (Å²) in [5, 5.41) is 11.3. The molecule has 1 aromatic rings. The smallest absolute Gasteiger partial charge is 0.311 e.